The third-order valence-electron chi connectivity index (χ3n) is 5.77. The van der Waals surface area contributed by atoms with E-state index in [1.165, 1.54) is 11.6 Å². The third kappa shape index (κ3) is 3.25. The number of benzene rings is 1. The molecule has 4 rings (SSSR count). The third-order valence-corrected chi connectivity index (χ3v) is 6.27. The zero-order chi connectivity index (χ0) is 17.4. The van der Waals surface area contributed by atoms with Crippen molar-refractivity contribution in [2.24, 2.45) is 5.92 Å². The van der Waals surface area contributed by atoms with Gasteiger partial charge in [-0.25, -0.2) is 9.40 Å². The molecule has 4 atom stereocenters. The maximum Gasteiger partial charge on any atom is 0.123 e. The highest BCUT2D eigenvalue weighted by Gasteiger charge is 2.36. The highest BCUT2D eigenvalue weighted by Crippen LogP contribution is 2.42. The Morgan fingerprint density at radius 1 is 1.32 bits per heavy atom. The molecule has 2 heterocycles. The lowest BCUT2D eigenvalue weighted by Gasteiger charge is -2.40. The summed E-state index contributed by atoms with van der Waals surface area (Å²) < 4.78 is 13.7. The lowest BCUT2D eigenvalue weighted by atomic mass is 9.75. The number of aromatic nitrogens is 1. The van der Waals surface area contributed by atoms with Crippen LogP contribution in [0.4, 0.5) is 4.39 Å². The highest BCUT2D eigenvalue weighted by atomic mass is 35.5. The first-order chi connectivity index (χ1) is 12.1. The topological polar surface area (TPSA) is 28.2 Å². The number of hydrogen-bond donors (Lipinski definition) is 1. The number of rotatable bonds is 3. The minimum absolute atomic E-state index is 0.118. The van der Waals surface area contributed by atoms with Crippen molar-refractivity contribution >= 4 is 22.5 Å². The van der Waals surface area contributed by atoms with Crippen molar-refractivity contribution in [1.29, 1.82) is 0 Å². The van der Waals surface area contributed by atoms with E-state index in [-0.39, 0.29) is 11.2 Å². The van der Waals surface area contributed by atoms with Crippen LogP contribution in [0.2, 0.25) is 0 Å². The van der Waals surface area contributed by atoms with Crippen LogP contribution in [-0.2, 0) is 0 Å². The van der Waals surface area contributed by atoms with Crippen LogP contribution in [0.25, 0.3) is 10.9 Å². The molecule has 2 unspecified atom stereocenters. The van der Waals surface area contributed by atoms with Gasteiger partial charge in [0.25, 0.3) is 0 Å². The van der Waals surface area contributed by atoms with Crippen LogP contribution in [0.5, 0.6) is 0 Å². The van der Waals surface area contributed by atoms with E-state index < -0.39 is 0 Å². The van der Waals surface area contributed by atoms with Crippen molar-refractivity contribution in [2.45, 2.75) is 43.5 Å². The van der Waals surface area contributed by atoms with E-state index in [0.717, 1.165) is 36.7 Å². The number of hydrogen-bond acceptors (Lipinski definition) is 3. The molecular weight excluding hydrogens is 337 g/mol. The van der Waals surface area contributed by atoms with Crippen molar-refractivity contribution in [3.05, 3.63) is 54.1 Å². The molecule has 5 heteroatoms. The fourth-order valence-corrected chi connectivity index (χ4v) is 4.89. The van der Waals surface area contributed by atoms with Crippen LogP contribution in [-0.4, -0.2) is 28.0 Å². The average molecular weight is 360 g/mol. The van der Waals surface area contributed by atoms with Crippen LogP contribution in [0, 0.1) is 11.7 Å². The summed E-state index contributed by atoms with van der Waals surface area (Å²) in [7, 11) is 0. The van der Waals surface area contributed by atoms with E-state index in [1.54, 1.807) is 12.1 Å². The van der Waals surface area contributed by atoms with Gasteiger partial charge in [0, 0.05) is 35.7 Å². The van der Waals surface area contributed by atoms with Gasteiger partial charge >= 0.3 is 0 Å². The number of alkyl halides is 1. The normalized spacial score (nSPS) is 28.2. The molecule has 1 fully saturated rings. The molecule has 25 heavy (non-hydrogen) atoms. The van der Waals surface area contributed by atoms with Gasteiger partial charge < -0.3 is 5.43 Å². The monoisotopic (exact) mass is 359 g/mol. The summed E-state index contributed by atoms with van der Waals surface area (Å²) in [6.45, 7) is 3.18. The lowest BCUT2D eigenvalue weighted by molar-refractivity contribution is 0.118. The zero-order valence-electron chi connectivity index (χ0n) is 14.3. The zero-order valence-corrected chi connectivity index (χ0v) is 15.1. The fraction of sp³-hybridized carbons (Fsp3) is 0.450. The number of fused-ring (bicyclic) bond motifs is 1. The largest absolute Gasteiger partial charge is 0.326 e. The Bertz CT molecular complexity index is 786. The van der Waals surface area contributed by atoms with Gasteiger partial charge in [0.1, 0.15) is 5.82 Å². The molecule has 0 amide bonds. The SMILES string of the molecule is CC([C@@H]1CC[C@H](c2ccnc3ccc(F)cc23)CC1Cl)N1CC=CN1. The second-order valence-corrected chi connectivity index (χ2v) is 7.74. The minimum atomic E-state index is -0.209. The van der Waals surface area contributed by atoms with E-state index in [9.17, 15) is 4.39 Å². The van der Waals surface area contributed by atoms with Gasteiger partial charge in [0.2, 0.25) is 0 Å². The summed E-state index contributed by atoms with van der Waals surface area (Å²) >= 11 is 6.82. The summed E-state index contributed by atoms with van der Waals surface area (Å²) in [5.41, 5.74) is 5.33. The van der Waals surface area contributed by atoms with Gasteiger partial charge in [-0.05, 0) is 67.9 Å². The Balaban J connectivity index is 1.54. The van der Waals surface area contributed by atoms with E-state index in [1.807, 2.05) is 18.5 Å². The average Bonchev–Trinajstić information content (AvgIpc) is 3.15. The maximum absolute atomic E-state index is 13.7. The molecule has 0 radical (unpaired) electrons. The van der Waals surface area contributed by atoms with Gasteiger partial charge in [-0.1, -0.05) is 6.08 Å². The molecule has 2 aliphatic rings. The Labute approximate surface area is 152 Å². The van der Waals surface area contributed by atoms with Crippen LogP contribution >= 0.6 is 11.6 Å². The Kier molecular flexibility index (Phi) is 4.65. The summed E-state index contributed by atoms with van der Waals surface area (Å²) in [4.78, 5) is 4.37. The second kappa shape index (κ2) is 6.93. The van der Waals surface area contributed by atoms with Gasteiger partial charge in [0.15, 0.2) is 0 Å². The molecule has 1 aliphatic heterocycles. The van der Waals surface area contributed by atoms with Crippen LogP contribution < -0.4 is 5.43 Å². The van der Waals surface area contributed by atoms with Crippen molar-refractivity contribution in [3.8, 4) is 0 Å². The molecule has 0 spiro atoms. The number of hydrazine groups is 1. The standard InChI is InChI=1S/C20H23ClFN3/c1-13(25-10-2-8-24-25)16-5-3-14(11-19(16)21)17-7-9-23-20-6-4-15(22)12-18(17)20/h2,4,6-9,12-14,16,19,24H,3,5,10-11H2,1H3/t13?,14-,16-,19?/m0/s1. The number of pyridine rings is 1. The number of nitrogens with one attached hydrogen (secondary N) is 1. The Morgan fingerprint density at radius 3 is 2.96 bits per heavy atom. The number of halogens is 2. The van der Waals surface area contributed by atoms with Gasteiger partial charge in [-0.2, -0.15) is 0 Å². The van der Waals surface area contributed by atoms with Crippen LogP contribution in [0.1, 0.15) is 37.7 Å². The predicted octanol–water partition coefficient (Wildman–Crippen LogP) is 4.59. The lowest BCUT2D eigenvalue weighted by Crippen LogP contribution is -2.46. The first kappa shape index (κ1) is 16.8. The molecule has 0 saturated heterocycles. The summed E-state index contributed by atoms with van der Waals surface area (Å²) in [6.07, 6.45) is 9.03. The van der Waals surface area contributed by atoms with Crippen LogP contribution in [0.15, 0.2) is 42.7 Å². The molecule has 1 aromatic carbocycles. The quantitative estimate of drug-likeness (QED) is 0.812. The van der Waals surface area contributed by atoms with Gasteiger partial charge in [-0.3, -0.25) is 4.98 Å². The molecule has 1 aromatic heterocycles. The van der Waals surface area contributed by atoms with E-state index in [0.29, 0.717) is 17.9 Å². The van der Waals surface area contributed by atoms with Crippen molar-refractivity contribution in [2.75, 3.05) is 6.54 Å². The second-order valence-electron chi connectivity index (χ2n) is 7.18. The molecule has 2 aromatic rings. The fourth-order valence-electron chi connectivity index (χ4n) is 4.34. The smallest absolute Gasteiger partial charge is 0.123 e. The van der Waals surface area contributed by atoms with Crippen molar-refractivity contribution in [3.63, 3.8) is 0 Å². The van der Waals surface area contributed by atoms with Gasteiger partial charge in [0.05, 0.1) is 5.52 Å². The first-order valence-electron chi connectivity index (χ1n) is 8.99. The molecule has 1 saturated carbocycles. The van der Waals surface area contributed by atoms with Crippen LogP contribution in [0.3, 0.4) is 0 Å². The predicted molar refractivity (Wildman–Crippen MR) is 99.9 cm³/mol. The molecule has 0 bridgehead atoms. The maximum atomic E-state index is 13.7. The molecular formula is C20H23ClFN3. The summed E-state index contributed by atoms with van der Waals surface area (Å²) in [5, 5.41) is 3.29. The van der Waals surface area contributed by atoms with Crippen molar-refractivity contribution in [1.82, 2.24) is 15.4 Å². The van der Waals surface area contributed by atoms with E-state index >= 15 is 0 Å². The molecule has 3 nitrogen and oxygen atoms in total. The minimum Gasteiger partial charge on any atom is -0.326 e. The van der Waals surface area contributed by atoms with E-state index in [2.05, 4.69) is 28.4 Å². The van der Waals surface area contributed by atoms with Crippen molar-refractivity contribution < 1.29 is 4.39 Å². The Morgan fingerprint density at radius 2 is 2.20 bits per heavy atom. The summed E-state index contributed by atoms with van der Waals surface area (Å²) in [6, 6.07) is 7.26. The number of nitrogens with zero attached hydrogens (tertiary/aromatic N) is 2. The van der Waals surface area contributed by atoms with E-state index in [4.69, 9.17) is 11.6 Å². The molecule has 1 N–H and O–H groups in total. The highest BCUT2D eigenvalue weighted by molar-refractivity contribution is 6.21. The van der Waals surface area contributed by atoms with Gasteiger partial charge in [-0.15, -0.1) is 11.6 Å². The molecule has 132 valence electrons. The Hall–Kier alpha value is -1.65. The molecule has 1 aliphatic carbocycles. The summed E-state index contributed by atoms with van der Waals surface area (Å²) in [5.74, 6) is 0.608. The first-order valence-corrected chi connectivity index (χ1v) is 9.43.